The van der Waals surface area contributed by atoms with Crippen LogP contribution in [0.15, 0.2) is 48.5 Å². The minimum atomic E-state index is -0.517. The highest BCUT2D eigenvalue weighted by molar-refractivity contribution is 6.30. The molecule has 0 unspecified atom stereocenters. The van der Waals surface area contributed by atoms with E-state index in [4.69, 9.17) is 11.6 Å². The van der Waals surface area contributed by atoms with Gasteiger partial charge in [-0.15, -0.1) is 0 Å². The molecule has 0 saturated carbocycles. The smallest absolute Gasteiger partial charge is 0.274 e. The largest absolute Gasteiger partial charge is 0.299 e. The van der Waals surface area contributed by atoms with Crippen LogP contribution in [0.25, 0.3) is 0 Å². The van der Waals surface area contributed by atoms with E-state index in [0.717, 1.165) is 5.56 Å². The minimum absolute atomic E-state index is 0.0301. The molecule has 0 aliphatic heterocycles. The molecule has 2 aromatic rings. The van der Waals surface area contributed by atoms with E-state index in [-0.39, 0.29) is 29.3 Å². The molecule has 4 nitrogen and oxygen atoms in total. The van der Waals surface area contributed by atoms with Gasteiger partial charge in [0.2, 0.25) is 0 Å². The van der Waals surface area contributed by atoms with Crippen molar-refractivity contribution in [1.82, 2.24) is 0 Å². The molecule has 20 heavy (non-hydrogen) atoms. The SMILES string of the molecule is O=C(Cc1ccccc1)Cc1ccc(Cl)cc1[N+](=O)[O-]. The Labute approximate surface area is 121 Å². The van der Waals surface area contributed by atoms with Crippen LogP contribution in [0.2, 0.25) is 5.02 Å². The summed E-state index contributed by atoms with van der Waals surface area (Å²) < 4.78 is 0. The number of benzene rings is 2. The van der Waals surface area contributed by atoms with Gasteiger partial charge in [0.1, 0.15) is 5.78 Å². The number of hydrogen-bond donors (Lipinski definition) is 0. The van der Waals surface area contributed by atoms with Gasteiger partial charge in [-0.05, 0) is 11.6 Å². The zero-order valence-corrected chi connectivity index (χ0v) is 11.3. The van der Waals surface area contributed by atoms with Gasteiger partial charge in [-0.3, -0.25) is 14.9 Å². The van der Waals surface area contributed by atoms with E-state index in [1.165, 1.54) is 12.1 Å². The van der Waals surface area contributed by atoms with Crippen LogP contribution in [-0.2, 0) is 17.6 Å². The van der Waals surface area contributed by atoms with Crippen molar-refractivity contribution in [3.63, 3.8) is 0 Å². The molecule has 102 valence electrons. The molecule has 0 bridgehead atoms. The summed E-state index contributed by atoms with van der Waals surface area (Å²) in [5.41, 5.74) is 1.17. The second-order valence-electron chi connectivity index (χ2n) is 4.41. The van der Waals surface area contributed by atoms with Gasteiger partial charge in [-0.25, -0.2) is 0 Å². The monoisotopic (exact) mass is 289 g/mol. The Morgan fingerprint density at radius 1 is 1.10 bits per heavy atom. The van der Waals surface area contributed by atoms with E-state index in [1.54, 1.807) is 6.07 Å². The van der Waals surface area contributed by atoms with Crippen molar-refractivity contribution in [2.24, 2.45) is 0 Å². The lowest BCUT2D eigenvalue weighted by atomic mass is 10.0. The van der Waals surface area contributed by atoms with Gasteiger partial charge in [0.25, 0.3) is 5.69 Å². The van der Waals surface area contributed by atoms with E-state index >= 15 is 0 Å². The fourth-order valence-electron chi connectivity index (χ4n) is 1.95. The van der Waals surface area contributed by atoms with Gasteiger partial charge < -0.3 is 0 Å². The van der Waals surface area contributed by atoms with Crippen molar-refractivity contribution in [3.8, 4) is 0 Å². The molecular weight excluding hydrogens is 278 g/mol. The summed E-state index contributed by atoms with van der Waals surface area (Å²) in [4.78, 5) is 22.4. The first-order valence-electron chi connectivity index (χ1n) is 6.04. The lowest BCUT2D eigenvalue weighted by Crippen LogP contribution is -2.08. The lowest BCUT2D eigenvalue weighted by Gasteiger charge is -2.04. The van der Waals surface area contributed by atoms with Gasteiger partial charge in [0, 0.05) is 29.5 Å². The number of nitro groups is 1. The Kier molecular flexibility index (Phi) is 4.48. The molecule has 2 rings (SSSR count). The molecular formula is C15H12ClNO3. The maximum atomic E-state index is 12.0. The first kappa shape index (κ1) is 14.2. The van der Waals surface area contributed by atoms with Crippen LogP contribution < -0.4 is 0 Å². The highest BCUT2D eigenvalue weighted by Crippen LogP contribution is 2.24. The Balaban J connectivity index is 2.14. The number of nitrogens with zero attached hydrogens (tertiary/aromatic N) is 1. The topological polar surface area (TPSA) is 60.2 Å². The van der Waals surface area contributed by atoms with Gasteiger partial charge in [-0.2, -0.15) is 0 Å². The maximum Gasteiger partial charge on any atom is 0.274 e. The van der Waals surface area contributed by atoms with Crippen LogP contribution in [0, 0.1) is 10.1 Å². The van der Waals surface area contributed by atoms with E-state index in [1.807, 2.05) is 30.3 Å². The van der Waals surface area contributed by atoms with Gasteiger partial charge in [-0.1, -0.05) is 48.0 Å². The lowest BCUT2D eigenvalue weighted by molar-refractivity contribution is -0.385. The van der Waals surface area contributed by atoms with Crippen molar-refractivity contribution in [3.05, 3.63) is 74.8 Å². The number of hydrogen-bond acceptors (Lipinski definition) is 3. The molecule has 0 N–H and O–H groups in total. The molecule has 0 aliphatic rings. The molecule has 0 spiro atoms. The molecule has 0 amide bonds. The number of nitro benzene ring substituents is 1. The summed E-state index contributed by atoms with van der Waals surface area (Å²) in [6, 6.07) is 13.6. The molecule has 0 radical (unpaired) electrons. The van der Waals surface area contributed by atoms with E-state index in [9.17, 15) is 14.9 Å². The van der Waals surface area contributed by atoms with Crippen molar-refractivity contribution < 1.29 is 9.72 Å². The second kappa shape index (κ2) is 6.30. The molecule has 0 aromatic heterocycles. The van der Waals surface area contributed by atoms with E-state index < -0.39 is 4.92 Å². The third-order valence-corrected chi connectivity index (χ3v) is 3.11. The highest BCUT2D eigenvalue weighted by atomic mass is 35.5. The fraction of sp³-hybridized carbons (Fsp3) is 0.133. The number of ketones is 1. The average Bonchev–Trinajstić information content (AvgIpc) is 2.41. The van der Waals surface area contributed by atoms with Gasteiger partial charge in [0.05, 0.1) is 4.92 Å². The first-order chi connectivity index (χ1) is 9.56. The number of carbonyl (C=O) groups is 1. The summed E-state index contributed by atoms with van der Waals surface area (Å²) in [6.45, 7) is 0. The molecule has 0 atom stereocenters. The number of Topliss-reactive ketones (excluding diaryl/α,β-unsaturated/α-hetero) is 1. The predicted molar refractivity (Wildman–Crippen MR) is 77.0 cm³/mol. The normalized spacial score (nSPS) is 10.2. The average molecular weight is 290 g/mol. The third kappa shape index (κ3) is 3.65. The van der Waals surface area contributed by atoms with Crippen molar-refractivity contribution in [2.75, 3.05) is 0 Å². The maximum absolute atomic E-state index is 12.0. The molecule has 2 aromatic carbocycles. The first-order valence-corrected chi connectivity index (χ1v) is 6.42. The van der Waals surface area contributed by atoms with Crippen molar-refractivity contribution in [2.45, 2.75) is 12.8 Å². The Morgan fingerprint density at radius 2 is 1.80 bits per heavy atom. The van der Waals surface area contributed by atoms with Crippen molar-refractivity contribution in [1.29, 1.82) is 0 Å². The van der Waals surface area contributed by atoms with E-state index in [2.05, 4.69) is 0 Å². The quantitative estimate of drug-likeness (QED) is 0.624. The minimum Gasteiger partial charge on any atom is -0.299 e. The second-order valence-corrected chi connectivity index (χ2v) is 4.84. The van der Waals surface area contributed by atoms with E-state index in [0.29, 0.717) is 5.56 Å². The van der Waals surface area contributed by atoms with Crippen LogP contribution in [0.3, 0.4) is 0 Å². The van der Waals surface area contributed by atoms with Crippen LogP contribution in [0.4, 0.5) is 5.69 Å². The molecule has 0 saturated heterocycles. The zero-order valence-electron chi connectivity index (χ0n) is 10.6. The molecule has 0 fully saturated rings. The van der Waals surface area contributed by atoms with Crippen LogP contribution >= 0.6 is 11.6 Å². The highest BCUT2D eigenvalue weighted by Gasteiger charge is 2.17. The Bertz CT molecular complexity index is 641. The number of halogens is 1. The number of rotatable bonds is 5. The summed E-state index contributed by atoms with van der Waals surface area (Å²) in [5.74, 6) is -0.0679. The van der Waals surface area contributed by atoms with Gasteiger partial charge >= 0.3 is 0 Å². The molecule has 0 aliphatic carbocycles. The Hall–Kier alpha value is -2.20. The van der Waals surface area contributed by atoms with Crippen LogP contribution in [0.5, 0.6) is 0 Å². The van der Waals surface area contributed by atoms with Gasteiger partial charge in [0.15, 0.2) is 0 Å². The standard InChI is InChI=1S/C15H12ClNO3/c16-13-7-6-12(15(10-13)17(19)20)9-14(18)8-11-4-2-1-3-5-11/h1-7,10H,8-9H2. The molecule has 0 heterocycles. The molecule has 5 heteroatoms. The predicted octanol–water partition coefficient (Wildman–Crippen LogP) is 3.60. The number of carbonyl (C=O) groups excluding carboxylic acids is 1. The third-order valence-electron chi connectivity index (χ3n) is 2.88. The van der Waals surface area contributed by atoms with Crippen molar-refractivity contribution >= 4 is 23.1 Å². The summed E-state index contributed by atoms with van der Waals surface area (Å²) in [5, 5.41) is 11.2. The Morgan fingerprint density at radius 3 is 2.45 bits per heavy atom. The summed E-state index contributed by atoms with van der Waals surface area (Å²) in [6.07, 6.45) is 0.295. The zero-order chi connectivity index (χ0) is 14.5. The summed E-state index contributed by atoms with van der Waals surface area (Å²) in [7, 11) is 0. The van der Waals surface area contributed by atoms with Crippen LogP contribution in [-0.4, -0.2) is 10.7 Å². The summed E-state index contributed by atoms with van der Waals surface area (Å²) >= 11 is 5.74. The van der Waals surface area contributed by atoms with Crippen LogP contribution in [0.1, 0.15) is 11.1 Å². The fourth-order valence-corrected chi connectivity index (χ4v) is 2.12.